The van der Waals surface area contributed by atoms with Gasteiger partial charge in [-0.2, -0.15) is 5.10 Å². The van der Waals surface area contributed by atoms with E-state index in [1.165, 1.54) is 10.9 Å². The van der Waals surface area contributed by atoms with Crippen LogP contribution in [-0.4, -0.2) is 31.8 Å². The number of carbonyl (C=O) groups excluding carboxylic acids is 1. The third kappa shape index (κ3) is 3.93. The number of carbonyl (C=O) groups is 1. The second kappa shape index (κ2) is 7.29. The van der Waals surface area contributed by atoms with Gasteiger partial charge in [-0.15, -0.1) is 0 Å². The first-order chi connectivity index (χ1) is 12.0. The first-order valence-corrected chi connectivity index (χ1v) is 8.24. The van der Waals surface area contributed by atoms with E-state index in [0.717, 1.165) is 23.9 Å². The average Bonchev–Trinajstić information content (AvgIpc) is 3.02. The molecule has 2 heterocycles. The second-order valence-corrected chi connectivity index (χ2v) is 6.06. The van der Waals surface area contributed by atoms with Crippen LogP contribution in [0.4, 0.5) is 0 Å². The lowest BCUT2D eigenvalue weighted by Crippen LogP contribution is -2.29. The number of aromatic nitrogens is 4. The Hall–Kier alpha value is -2.96. The van der Waals surface area contributed by atoms with Gasteiger partial charge in [0.2, 0.25) is 5.91 Å². The summed E-state index contributed by atoms with van der Waals surface area (Å²) in [4.78, 5) is 28.0. The van der Waals surface area contributed by atoms with Gasteiger partial charge in [0.05, 0.1) is 24.0 Å². The smallest absolute Gasteiger partial charge is 0.256 e. The molecule has 1 N–H and O–H groups in total. The summed E-state index contributed by atoms with van der Waals surface area (Å²) < 4.78 is 3.30. The lowest BCUT2D eigenvalue weighted by atomic mass is 10.2. The fourth-order valence-electron chi connectivity index (χ4n) is 2.69. The van der Waals surface area contributed by atoms with Crippen LogP contribution < -0.4 is 10.9 Å². The van der Waals surface area contributed by atoms with Gasteiger partial charge < -0.3 is 9.88 Å². The molecule has 2 aromatic heterocycles. The Bertz CT molecular complexity index is 924. The zero-order valence-electron chi connectivity index (χ0n) is 14.4. The number of nitrogens with zero attached hydrogens (tertiary/aromatic N) is 4. The fourth-order valence-corrected chi connectivity index (χ4v) is 2.69. The molecule has 130 valence electrons. The van der Waals surface area contributed by atoms with Crippen LogP contribution in [-0.2, 0) is 24.8 Å². The fraction of sp³-hybridized carbons (Fsp3) is 0.333. The average molecular weight is 339 g/mol. The minimum Gasteiger partial charge on any atom is -0.356 e. The van der Waals surface area contributed by atoms with E-state index in [-0.39, 0.29) is 17.9 Å². The molecule has 0 bridgehead atoms. The lowest BCUT2D eigenvalue weighted by molar-refractivity contribution is -0.120. The molecule has 0 aliphatic carbocycles. The standard InChI is InChI=1S/C18H21N5O2/c1-13-16(20-12-22(2)18(13)25)10-17(24)19-8-5-9-23-11-14-6-3-4-7-15(14)21-23/h3-4,6-7,11-12H,5,8-10H2,1-2H3,(H,19,24). The quantitative estimate of drug-likeness (QED) is 0.684. The van der Waals surface area contributed by atoms with Crippen molar-refractivity contribution < 1.29 is 4.79 Å². The zero-order valence-corrected chi connectivity index (χ0v) is 14.4. The van der Waals surface area contributed by atoms with Crippen molar-refractivity contribution in [3.63, 3.8) is 0 Å². The van der Waals surface area contributed by atoms with Gasteiger partial charge in [-0.3, -0.25) is 14.3 Å². The summed E-state index contributed by atoms with van der Waals surface area (Å²) in [5, 5.41) is 8.46. The van der Waals surface area contributed by atoms with E-state index in [0.29, 0.717) is 17.8 Å². The van der Waals surface area contributed by atoms with E-state index in [1.807, 2.05) is 35.1 Å². The molecule has 0 aliphatic rings. The second-order valence-electron chi connectivity index (χ2n) is 6.06. The molecule has 1 amide bonds. The highest BCUT2D eigenvalue weighted by molar-refractivity contribution is 5.78. The summed E-state index contributed by atoms with van der Waals surface area (Å²) in [6.07, 6.45) is 4.35. The van der Waals surface area contributed by atoms with Crippen LogP contribution in [0.25, 0.3) is 10.9 Å². The van der Waals surface area contributed by atoms with Crippen LogP contribution in [0.1, 0.15) is 17.7 Å². The summed E-state index contributed by atoms with van der Waals surface area (Å²) in [5.74, 6) is -0.130. The Morgan fingerprint density at radius 3 is 2.88 bits per heavy atom. The molecular formula is C18H21N5O2. The maximum Gasteiger partial charge on any atom is 0.256 e. The van der Waals surface area contributed by atoms with Crippen molar-refractivity contribution in [2.24, 2.45) is 7.05 Å². The van der Waals surface area contributed by atoms with Crippen LogP contribution in [0, 0.1) is 6.92 Å². The first-order valence-electron chi connectivity index (χ1n) is 8.24. The number of rotatable bonds is 6. The summed E-state index contributed by atoms with van der Waals surface area (Å²) in [6.45, 7) is 2.98. The number of benzene rings is 1. The lowest BCUT2D eigenvalue weighted by Gasteiger charge is -2.07. The molecule has 0 aliphatic heterocycles. The van der Waals surface area contributed by atoms with E-state index in [1.54, 1.807) is 14.0 Å². The molecule has 7 heteroatoms. The van der Waals surface area contributed by atoms with Crippen molar-refractivity contribution in [2.45, 2.75) is 26.3 Å². The van der Waals surface area contributed by atoms with Gasteiger partial charge in [-0.1, -0.05) is 18.2 Å². The summed E-state index contributed by atoms with van der Waals surface area (Å²) in [7, 11) is 1.64. The number of fused-ring (bicyclic) bond motifs is 1. The molecule has 3 aromatic rings. The number of nitrogens with one attached hydrogen (secondary N) is 1. The van der Waals surface area contributed by atoms with Crippen molar-refractivity contribution in [2.75, 3.05) is 6.54 Å². The predicted octanol–water partition coefficient (Wildman–Crippen LogP) is 1.19. The summed E-state index contributed by atoms with van der Waals surface area (Å²) in [5.41, 5.74) is 1.89. The monoisotopic (exact) mass is 339 g/mol. The highest BCUT2D eigenvalue weighted by Crippen LogP contribution is 2.10. The van der Waals surface area contributed by atoms with Crippen molar-refractivity contribution >= 4 is 16.8 Å². The van der Waals surface area contributed by atoms with E-state index < -0.39 is 0 Å². The maximum atomic E-state index is 12.0. The summed E-state index contributed by atoms with van der Waals surface area (Å²) in [6, 6.07) is 7.96. The van der Waals surface area contributed by atoms with Gasteiger partial charge in [0.15, 0.2) is 0 Å². The molecule has 0 radical (unpaired) electrons. The first kappa shape index (κ1) is 16.9. The number of aryl methyl sites for hydroxylation is 2. The zero-order chi connectivity index (χ0) is 17.8. The maximum absolute atomic E-state index is 12.0. The number of hydrogen-bond donors (Lipinski definition) is 1. The third-order valence-corrected chi connectivity index (χ3v) is 4.14. The third-order valence-electron chi connectivity index (χ3n) is 4.14. The van der Waals surface area contributed by atoms with Gasteiger partial charge in [0, 0.05) is 37.3 Å². The molecular weight excluding hydrogens is 318 g/mol. The van der Waals surface area contributed by atoms with Crippen LogP contribution in [0.2, 0.25) is 0 Å². The SMILES string of the molecule is Cc1c(CC(=O)NCCCn2cc3ccccc3n2)ncn(C)c1=O. The van der Waals surface area contributed by atoms with Gasteiger partial charge in [-0.05, 0) is 19.4 Å². The topological polar surface area (TPSA) is 81.8 Å². The molecule has 3 rings (SSSR count). The van der Waals surface area contributed by atoms with E-state index in [9.17, 15) is 9.59 Å². The Morgan fingerprint density at radius 2 is 2.08 bits per heavy atom. The van der Waals surface area contributed by atoms with Gasteiger partial charge in [0.25, 0.3) is 5.56 Å². The molecule has 0 saturated carbocycles. The van der Waals surface area contributed by atoms with Crippen LogP contribution >= 0.6 is 0 Å². The van der Waals surface area contributed by atoms with Crippen molar-refractivity contribution in [3.05, 3.63) is 58.4 Å². The van der Waals surface area contributed by atoms with Gasteiger partial charge in [0.1, 0.15) is 0 Å². The van der Waals surface area contributed by atoms with Gasteiger partial charge >= 0.3 is 0 Å². The highest BCUT2D eigenvalue weighted by atomic mass is 16.1. The van der Waals surface area contributed by atoms with Crippen LogP contribution in [0.3, 0.4) is 0 Å². The Morgan fingerprint density at radius 1 is 1.28 bits per heavy atom. The number of amides is 1. The van der Waals surface area contributed by atoms with Crippen molar-refractivity contribution in [1.82, 2.24) is 24.6 Å². The van der Waals surface area contributed by atoms with E-state index in [2.05, 4.69) is 15.4 Å². The molecule has 0 saturated heterocycles. The molecule has 0 atom stereocenters. The largest absolute Gasteiger partial charge is 0.356 e. The summed E-state index contributed by atoms with van der Waals surface area (Å²) >= 11 is 0. The Balaban J connectivity index is 1.48. The van der Waals surface area contributed by atoms with E-state index in [4.69, 9.17) is 0 Å². The molecule has 7 nitrogen and oxygen atoms in total. The van der Waals surface area contributed by atoms with E-state index >= 15 is 0 Å². The highest BCUT2D eigenvalue weighted by Gasteiger charge is 2.10. The van der Waals surface area contributed by atoms with Crippen LogP contribution in [0.15, 0.2) is 41.6 Å². The molecule has 0 fully saturated rings. The molecule has 0 spiro atoms. The van der Waals surface area contributed by atoms with Gasteiger partial charge in [-0.25, -0.2) is 4.98 Å². The molecule has 1 aromatic carbocycles. The van der Waals surface area contributed by atoms with Crippen LogP contribution in [0.5, 0.6) is 0 Å². The van der Waals surface area contributed by atoms with Crippen molar-refractivity contribution in [3.8, 4) is 0 Å². The number of hydrogen-bond acceptors (Lipinski definition) is 4. The minimum atomic E-state index is -0.130. The Kier molecular flexibility index (Phi) is 4.92. The normalized spacial score (nSPS) is 11.0. The molecule has 25 heavy (non-hydrogen) atoms. The van der Waals surface area contributed by atoms with Crippen molar-refractivity contribution in [1.29, 1.82) is 0 Å². The predicted molar refractivity (Wildman–Crippen MR) is 95.3 cm³/mol. The molecule has 0 unspecified atom stereocenters. The Labute approximate surface area is 145 Å². The minimum absolute atomic E-state index is 0.119.